The second kappa shape index (κ2) is 7.95. The van der Waals surface area contributed by atoms with Gasteiger partial charge in [0.05, 0.1) is 5.69 Å². The number of piperidine rings is 1. The second-order valence-electron chi connectivity index (χ2n) is 7.15. The average Bonchev–Trinajstić information content (AvgIpc) is 3.11. The van der Waals surface area contributed by atoms with Crippen LogP contribution in [0, 0.1) is 5.92 Å². The number of nitrogens with one attached hydrogen (secondary N) is 1. The van der Waals surface area contributed by atoms with Crippen molar-refractivity contribution >= 4 is 17.7 Å². The highest BCUT2D eigenvalue weighted by atomic mass is 16.4. The van der Waals surface area contributed by atoms with Crippen LogP contribution >= 0.6 is 0 Å². The van der Waals surface area contributed by atoms with E-state index in [1.807, 2.05) is 12.1 Å². The topological polar surface area (TPSA) is 103 Å². The predicted molar refractivity (Wildman–Crippen MR) is 105 cm³/mol. The van der Waals surface area contributed by atoms with Gasteiger partial charge in [-0.05, 0) is 49.5 Å². The van der Waals surface area contributed by atoms with Gasteiger partial charge in [-0.2, -0.15) is 4.98 Å². The van der Waals surface area contributed by atoms with Crippen LogP contribution in [-0.4, -0.2) is 55.5 Å². The molecule has 2 aromatic heterocycles. The lowest BCUT2D eigenvalue weighted by molar-refractivity contribution is 0.127. The number of aromatic nitrogens is 3. The number of rotatable bonds is 5. The minimum absolute atomic E-state index is 0.0582. The van der Waals surface area contributed by atoms with Crippen molar-refractivity contribution in [2.75, 3.05) is 25.0 Å². The Morgan fingerprint density at radius 3 is 2.57 bits per heavy atom. The van der Waals surface area contributed by atoms with Gasteiger partial charge >= 0.3 is 6.09 Å². The van der Waals surface area contributed by atoms with Crippen molar-refractivity contribution in [2.24, 2.45) is 5.92 Å². The summed E-state index contributed by atoms with van der Waals surface area (Å²) >= 11 is 0. The van der Waals surface area contributed by atoms with Crippen LogP contribution < -0.4 is 5.32 Å². The highest BCUT2D eigenvalue weighted by Crippen LogP contribution is 2.23. The van der Waals surface area contributed by atoms with Crippen LogP contribution in [0.15, 0.2) is 42.5 Å². The van der Waals surface area contributed by atoms with Crippen molar-refractivity contribution in [2.45, 2.75) is 19.4 Å². The van der Waals surface area contributed by atoms with Crippen molar-refractivity contribution in [3.05, 3.63) is 48.0 Å². The number of carboxylic acid groups (broad SMARTS) is 1. The summed E-state index contributed by atoms with van der Waals surface area (Å²) < 4.78 is 1.64. The van der Waals surface area contributed by atoms with E-state index < -0.39 is 6.09 Å². The van der Waals surface area contributed by atoms with Gasteiger partial charge in [0.15, 0.2) is 5.65 Å². The maximum atomic E-state index is 10.8. The summed E-state index contributed by atoms with van der Waals surface area (Å²) in [5.41, 5.74) is 3.65. The number of nitrogens with zero attached hydrogens (tertiary/aromatic N) is 4. The number of likely N-dealkylation sites (tertiary alicyclic amines) is 1. The Balaban J connectivity index is 1.51. The Morgan fingerprint density at radius 2 is 1.89 bits per heavy atom. The molecule has 1 aliphatic heterocycles. The number of pyridine rings is 1. The summed E-state index contributed by atoms with van der Waals surface area (Å²) in [6.45, 7) is 3.23. The summed E-state index contributed by atoms with van der Waals surface area (Å²) in [6.07, 6.45) is 0.912. The third kappa shape index (κ3) is 3.97. The van der Waals surface area contributed by atoms with Crippen molar-refractivity contribution in [3.63, 3.8) is 0 Å². The summed E-state index contributed by atoms with van der Waals surface area (Å²) in [5, 5.41) is 24.6. The van der Waals surface area contributed by atoms with Gasteiger partial charge in [-0.1, -0.05) is 30.3 Å². The standard InChI is InChI=1S/C20H23N5O3/c26-13-15-8-10-24(11-9-15)12-14-4-6-16(7-5-14)17-2-1-3-18-21-19(22-20(27)28)23-25(17)18/h1-7,15,26H,8-13H2,(H,22,23)(H,27,28). The molecule has 0 atom stereocenters. The second-order valence-corrected chi connectivity index (χ2v) is 7.15. The maximum absolute atomic E-state index is 10.8. The van der Waals surface area contributed by atoms with Crippen molar-refractivity contribution in [1.82, 2.24) is 19.5 Å². The van der Waals surface area contributed by atoms with E-state index in [9.17, 15) is 9.90 Å². The van der Waals surface area contributed by atoms with Crippen LogP contribution in [0.2, 0.25) is 0 Å². The summed E-state index contributed by atoms with van der Waals surface area (Å²) in [4.78, 5) is 17.4. The van der Waals surface area contributed by atoms with Crippen molar-refractivity contribution in [3.8, 4) is 11.3 Å². The lowest BCUT2D eigenvalue weighted by atomic mass is 9.97. The number of aliphatic hydroxyl groups is 1. The van der Waals surface area contributed by atoms with E-state index in [4.69, 9.17) is 5.11 Å². The zero-order chi connectivity index (χ0) is 19.5. The van der Waals surface area contributed by atoms with Crippen molar-refractivity contribution < 1.29 is 15.0 Å². The van der Waals surface area contributed by atoms with Crippen LogP contribution in [0.3, 0.4) is 0 Å². The molecular formula is C20H23N5O3. The van der Waals surface area contributed by atoms with E-state index in [-0.39, 0.29) is 5.95 Å². The van der Waals surface area contributed by atoms with Gasteiger partial charge < -0.3 is 10.2 Å². The Hall–Kier alpha value is -2.97. The van der Waals surface area contributed by atoms with Crippen LogP contribution in [0.4, 0.5) is 10.7 Å². The molecule has 1 amide bonds. The van der Waals surface area contributed by atoms with E-state index in [1.165, 1.54) is 5.56 Å². The van der Waals surface area contributed by atoms with Gasteiger partial charge in [0.25, 0.3) is 5.95 Å². The molecule has 3 aromatic rings. The normalized spacial score (nSPS) is 15.8. The molecule has 3 heterocycles. The number of anilines is 1. The summed E-state index contributed by atoms with van der Waals surface area (Å²) in [5.74, 6) is 0.505. The fourth-order valence-corrected chi connectivity index (χ4v) is 3.64. The molecule has 8 heteroatoms. The van der Waals surface area contributed by atoms with Gasteiger partial charge in [0.2, 0.25) is 0 Å². The fraction of sp³-hybridized carbons (Fsp3) is 0.350. The molecule has 0 spiro atoms. The van der Waals surface area contributed by atoms with Crippen LogP contribution in [-0.2, 0) is 6.54 Å². The van der Waals surface area contributed by atoms with E-state index in [0.29, 0.717) is 18.2 Å². The molecule has 1 aromatic carbocycles. The maximum Gasteiger partial charge on any atom is 0.411 e. The highest BCUT2D eigenvalue weighted by molar-refractivity contribution is 5.80. The average molecular weight is 381 g/mol. The van der Waals surface area contributed by atoms with Gasteiger partial charge in [-0.3, -0.25) is 10.2 Å². The van der Waals surface area contributed by atoms with Crippen molar-refractivity contribution in [1.29, 1.82) is 0 Å². The number of carbonyl (C=O) groups is 1. The Kier molecular flexibility index (Phi) is 5.23. The Morgan fingerprint density at radius 1 is 1.14 bits per heavy atom. The molecule has 1 aliphatic rings. The zero-order valence-electron chi connectivity index (χ0n) is 15.5. The van der Waals surface area contributed by atoms with E-state index in [2.05, 4.69) is 44.6 Å². The summed E-state index contributed by atoms with van der Waals surface area (Å²) in [7, 11) is 0. The molecule has 28 heavy (non-hydrogen) atoms. The highest BCUT2D eigenvalue weighted by Gasteiger charge is 2.18. The molecule has 0 radical (unpaired) electrons. The van der Waals surface area contributed by atoms with Gasteiger partial charge in [-0.25, -0.2) is 9.31 Å². The monoisotopic (exact) mass is 381 g/mol. The summed E-state index contributed by atoms with van der Waals surface area (Å²) in [6, 6.07) is 13.9. The lowest BCUT2D eigenvalue weighted by Crippen LogP contribution is -2.34. The molecule has 8 nitrogen and oxygen atoms in total. The number of hydrogen-bond donors (Lipinski definition) is 3. The number of benzene rings is 1. The van der Waals surface area contributed by atoms with Crippen LogP contribution in [0.5, 0.6) is 0 Å². The number of hydrogen-bond acceptors (Lipinski definition) is 5. The molecule has 0 unspecified atom stereocenters. The first-order valence-electron chi connectivity index (χ1n) is 9.40. The van der Waals surface area contributed by atoms with E-state index in [0.717, 1.165) is 43.7 Å². The minimum atomic E-state index is -1.19. The number of fused-ring (bicyclic) bond motifs is 1. The Bertz CT molecular complexity index is 962. The third-order valence-electron chi connectivity index (χ3n) is 5.20. The van der Waals surface area contributed by atoms with Gasteiger partial charge in [-0.15, -0.1) is 5.10 Å². The molecule has 146 valence electrons. The molecule has 0 aliphatic carbocycles. The number of amides is 1. The largest absolute Gasteiger partial charge is 0.465 e. The predicted octanol–water partition coefficient (Wildman–Crippen LogP) is 2.69. The third-order valence-corrected chi connectivity index (χ3v) is 5.20. The fourth-order valence-electron chi connectivity index (χ4n) is 3.64. The minimum Gasteiger partial charge on any atom is -0.465 e. The molecule has 1 fully saturated rings. The van der Waals surface area contributed by atoms with Gasteiger partial charge in [0.1, 0.15) is 0 Å². The first-order chi connectivity index (χ1) is 13.6. The molecule has 4 rings (SSSR count). The first kappa shape index (κ1) is 18.4. The number of aliphatic hydroxyl groups excluding tert-OH is 1. The molecular weight excluding hydrogens is 358 g/mol. The molecule has 3 N–H and O–H groups in total. The van der Waals surface area contributed by atoms with E-state index >= 15 is 0 Å². The molecule has 0 saturated carbocycles. The SMILES string of the molecule is O=C(O)Nc1nc2cccc(-c3ccc(CN4CCC(CO)CC4)cc3)n2n1. The quantitative estimate of drug-likeness (QED) is 0.628. The van der Waals surface area contributed by atoms with E-state index in [1.54, 1.807) is 10.6 Å². The Labute approximate surface area is 162 Å². The smallest absolute Gasteiger partial charge is 0.411 e. The first-order valence-corrected chi connectivity index (χ1v) is 9.40. The lowest BCUT2D eigenvalue weighted by Gasteiger charge is -2.31. The van der Waals surface area contributed by atoms with Crippen LogP contribution in [0.1, 0.15) is 18.4 Å². The molecule has 0 bridgehead atoms. The zero-order valence-corrected chi connectivity index (χ0v) is 15.5. The molecule has 1 saturated heterocycles. The van der Waals surface area contributed by atoms with Gasteiger partial charge in [0, 0.05) is 18.7 Å². The van der Waals surface area contributed by atoms with Crippen LogP contribution in [0.25, 0.3) is 16.9 Å².